The lowest BCUT2D eigenvalue weighted by atomic mass is 10.1. The Kier molecular flexibility index (Phi) is 7.24. The molecular formula is C26H24FN5O6. The summed E-state index contributed by atoms with van der Waals surface area (Å²) in [5.74, 6) is -1.55. The second-order valence-electron chi connectivity index (χ2n) is 8.11. The molecule has 0 aliphatic rings. The Labute approximate surface area is 216 Å². The minimum Gasteiger partial charge on any atom is -0.491 e. The van der Waals surface area contributed by atoms with E-state index in [0.717, 1.165) is 6.07 Å². The van der Waals surface area contributed by atoms with E-state index in [1.165, 1.54) is 52.6 Å². The number of pyridine rings is 3. The van der Waals surface area contributed by atoms with E-state index in [-0.39, 0.29) is 39.9 Å². The second-order valence-corrected chi connectivity index (χ2v) is 8.11. The lowest BCUT2D eigenvalue weighted by molar-refractivity contribution is 0.0961. The molecular weight excluding hydrogens is 497 g/mol. The molecule has 4 aromatic rings. The van der Waals surface area contributed by atoms with E-state index in [2.05, 4.69) is 25.6 Å². The first-order chi connectivity index (χ1) is 18.2. The normalized spacial score (nSPS) is 10.7. The fraction of sp³-hybridized carbons (Fsp3) is 0.192. The number of nitrogens with one attached hydrogen (secondary N) is 3. The van der Waals surface area contributed by atoms with Crippen LogP contribution in [0.5, 0.6) is 23.1 Å². The van der Waals surface area contributed by atoms with Gasteiger partial charge in [-0.1, -0.05) is 0 Å². The number of ether oxygens (including phenoxy) is 3. The average molecular weight is 522 g/mol. The van der Waals surface area contributed by atoms with E-state index in [1.807, 2.05) is 0 Å². The maximum absolute atomic E-state index is 15.0. The van der Waals surface area contributed by atoms with Gasteiger partial charge in [0.2, 0.25) is 5.43 Å². The SMILES string of the molecule is CNC(=O)c1c(C)[nH]c(C)c(C(=O)Nc2ccc(Oc3ccnc4cc(OC)c(OC)nc34)c(F)c2)c1=O. The highest BCUT2D eigenvalue weighted by atomic mass is 19.1. The lowest BCUT2D eigenvalue weighted by Gasteiger charge is -2.13. The fourth-order valence-electron chi connectivity index (χ4n) is 3.90. The highest BCUT2D eigenvalue weighted by Gasteiger charge is 2.23. The molecule has 3 aromatic heterocycles. The van der Waals surface area contributed by atoms with Gasteiger partial charge >= 0.3 is 0 Å². The highest BCUT2D eigenvalue weighted by Crippen LogP contribution is 2.35. The molecule has 0 spiro atoms. The number of aromatic amines is 1. The quantitative estimate of drug-likeness (QED) is 0.335. The molecule has 0 atom stereocenters. The smallest absolute Gasteiger partial charge is 0.261 e. The highest BCUT2D eigenvalue weighted by molar-refractivity contribution is 6.07. The molecule has 0 aliphatic carbocycles. The van der Waals surface area contributed by atoms with Crippen molar-refractivity contribution < 1.29 is 28.2 Å². The third kappa shape index (κ3) is 4.83. The molecule has 0 saturated heterocycles. The van der Waals surface area contributed by atoms with Crippen molar-refractivity contribution in [2.75, 3.05) is 26.6 Å². The largest absolute Gasteiger partial charge is 0.491 e. The number of methoxy groups -OCH3 is 2. The van der Waals surface area contributed by atoms with E-state index in [4.69, 9.17) is 14.2 Å². The summed E-state index contributed by atoms with van der Waals surface area (Å²) < 4.78 is 31.2. The monoisotopic (exact) mass is 521 g/mol. The fourth-order valence-corrected chi connectivity index (χ4v) is 3.90. The van der Waals surface area contributed by atoms with Crippen molar-refractivity contribution in [3.8, 4) is 23.1 Å². The summed E-state index contributed by atoms with van der Waals surface area (Å²) in [5, 5.41) is 4.87. The summed E-state index contributed by atoms with van der Waals surface area (Å²) in [4.78, 5) is 49.4. The zero-order valence-electron chi connectivity index (χ0n) is 21.2. The summed E-state index contributed by atoms with van der Waals surface area (Å²) >= 11 is 0. The van der Waals surface area contributed by atoms with Crippen molar-refractivity contribution in [3.05, 3.63) is 75.1 Å². The number of carbonyl (C=O) groups is 2. The van der Waals surface area contributed by atoms with Gasteiger partial charge in [0, 0.05) is 48.5 Å². The van der Waals surface area contributed by atoms with Crippen LogP contribution in [0, 0.1) is 19.7 Å². The van der Waals surface area contributed by atoms with E-state index >= 15 is 4.39 Å². The predicted octanol–water partition coefficient (Wildman–Crippen LogP) is 3.50. The zero-order valence-corrected chi connectivity index (χ0v) is 21.2. The van der Waals surface area contributed by atoms with Crippen LogP contribution in [0.2, 0.25) is 0 Å². The molecule has 3 heterocycles. The molecule has 0 bridgehead atoms. The number of amides is 2. The van der Waals surface area contributed by atoms with Crippen LogP contribution >= 0.6 is 0 Å². The molecule has 0 unspecified atom stereocenters. The van der Waals surface area contributed by atoms with E-state index in [0.29, 0.717) is 22.5 Å². The maximum atomic E-state index is 15.0. The first kappa shape index (κ1) is 26.1. The van der Waals surface area contributed by atoms with Crippen molar-refractivity contribution in [2.45, 2.75) is 13.8 Å². The van der Waals surface area contributed by atoms with Crippen molar-refractivity contribution >= 4 is 28.5 Å². The van der Waals surface area contributed by atoms with Crippen LogP contribution in [-0.4, -0.2) is 48.0 Å². The number of rotatable bonds is 7. The molecule has 196 valence electrons. The number of halogens is 1. The van der Waals surface area contributed by atoms with Gasteiger partial charge in [-0.2, -0.15) is 0 Å². The predicted molar refractivity (Wildman–Crippen MR) is 137 cm³/mol. The molecule has 11 nitrogen and oxygen atoms in total. The van der Waals surface area contributed by atoms with Crippen molar-refractivity contribution in [1.82, 2.24) is 20.3 Å². The maximum Gasteiger partial charge on any atom is 0.261 e. The summed E-state index contributed by atoms with van der Waals surface area (Å²) in [6.45, 7) is 3.09. The van der Waals surface area contributed by atoms with Crippen LogP contribution in [0.15, 0.2) is 41.3 Å². The Hall–Kier alpha value is -5.00. The van der Waals surface area contributed by atoms with Crippen LogP contribution < -0.4 is 30.3 Å². The summed E-state index contributed by atoms with van der Waals surface area (Å²) in [5.41, 5.74) is 0.263. The molecule has 2 amide bonds. The third-order valence-electron chi connectivity index (χ3n) is 5.69. The van der Waals surface area contributed by atoms with Crippen LogP contribution in [0.1, 0.15) is 32.1 Å². The number of benzene rings is 1. The van der Waals surface area contributed by atoms with Crippen molar-refractivity contribution in [3.63, 3.8) is 0 Å². The topological polar surface area (TPSA) is 145 Å². The van der Waals surface area contributed by atoms with E-state index < -0.39 is 23.1 Å². The molecule has 1 aromatic carbocycles. The second kappa shape index (κ2) is 10.5. The molecule has 4 rings (SSSR count). The standard InChI is InChI=1S/C26H24FN5O6/c1-12-20(24(34)28-3)23(33)21(13(2)30-12)25(35)31-14-6-7-17(15(27)10-14)38-18-8-9-29-16-11-19(36-4)26(37-5)32-22(16)18/h6-11H,1-5H3,(H,28,34)(H,30,33)(H,31,35). The van der Waals surface area contributed by atoms with Crippen LogP contribution in [0.4, 0.5) is 10.1 Å². The molecule has 0 fully saturated rings. The molecule has 38 heavy (non-hydrogen) atoms. The number of carbonyl (C=O) groups excluding carboxylic acids is 2. The Bertz CT molecular complexity index is 1640. The molecule has 0 radical (unpaired) electrons. The first-order valence-corrected chi connectivity index (χ1v) is 11.3. The Balaban J connectivity index is 1.62. The summed E-state index contributed by atoms with van der Waals surface area (Å²) in [7, 11) is 4.29. The minimum atomic E-state index is -0.799. The lowest BCUT2D eigenvalue weighted by Crippen LogP contribution is -2.33. The van der Waals surface area contributed by atoms with Gasteiger partial charge in [0.05, 0.1) is 19.7 Å². The average Bonchev–Trinajstić information content (AvgIpc) is 2.89. The molecule has 0 saturated carbocycles. The van der Waals surface area contributed by atoms with Gasteiger partial charge in [0.15, 0.2) is 23.1 Å². The van der Waals surface area contributed by atoms with Crippen LogP contribution in [-0.2, 0) is 0 Å². The van der Waals surface area contributed by atoms with Gasteiger partial charge in [0.1, 0.15) is 16.6 Å². The van der Waals surface area contributed by atoms with Crippen LogP contribution in [0.3, 0.4) is 0 Å². The number of hydrogen-bond donors (Lipinski definition) is 3. The number of aryl methyl sites for hydroxylation is 2. The van der Waals surface area contributed by atoms with Gasteiger partial charge in [-0.05, 0) is 26.0 Å². The minimum absolute atomic E-state index is 0.0739. The van der Waals surface area contributed by atoms with Crippen molar-refractivity contribution in [1.29, 1.82) is 0 Å². The number of nitrogens with zero attached hydrogens (tertiary/aromatic N) is 2. The molecule has 0 aliphatic heterocycles. The van der Waals surface area contributed by atoms with Gasteiger partial charge in [-0.15, -0.1) is 0 Å². The Morgan fingerprint density at radius 1 is 0.947 bits per heavy atom. The number of anilines is 1. The third-order valence-corrected chi connectivity index (χ3v) is 5.69. The first-order valence-electron chi connectivity index (χ1n) is 11.3. The molecule has 3 N–H and O–H groups in total. The van der Waals surface area contributed by atoms with Gasteiger partial charge in [0.25, 0.3) is 17.7 Å². The summed E-state index contributed by atoms with van der Waals surface area (Å²) in [6, 6.07) is 6.92. The van der Waals surface area contributed by atoms with Gasteiger partial charge in [-0.3, -0.25) is 19.4 Å². The van der Waals surface area contributed by atoms with Crippen LogP contribution in [0.25, 0.3) is 11.0 Å². The van der Waals surface area contributed by atoms with Crippen molar-refractivity contribution in [2.24, 2.45) is 0 Å². The van der Waals surface area contributed by atoms with E-state index in [1.54, 1.807) is 13.0 Å². The van der Waals surface area contributed by atoms with Gasteiger partial charge < -0.3 is 29.8 Å². The molecule has 12 heteroatoms. The Morgan fingerprint density at radius 2 is 1.66 bits per heavy atom. The van der Waals surface area contributed by atoms with Gasteiger partial charge in [-0.25, -0.2) is 9.37 Å². The number of aromatic nitrogens is 3. The summed E-state index contributed by atoms with van der Waals surface area (Å²) in [6.07, 6.45) is 1.48. The number of fused-ring (bicyclic) bond motifs is 1. The number of H-pyrrole nitrogens is 1. The van der Waals surface area contributed by atoms with E-state index in [9.17, 15) is 14.4 Å². The Morgan fingerprint density at radius 3 is 2.29 bits per heavy atom. The number of hydrogen-bond acceptors (Lipinski definition) is 8. The zero-order chi connectivity index (χ0) is 27.6.